The molecule has 0 radical (unpaired) electrons. The number of hydrogen-bond donors (Lipinski definition) is 1. The summed E-state index contributed by atoms with van der Waals surface area (Å²) in [5.74, 6) is 0.0228. The molecule has 2 rings (SSSR count). The standard InChI is InChI=1S/C14H20ClFN2/c1-2-18-8-4-5-10(9-17)14(18)11-6-3-7-12(15)13(11)16/h3,6-7,10,14H,2,4-5,8-9,17H2,1H3. The van der Waals surface area contributed by atoms with E-state index >= 15 is 0 Å². The average molecular weight is 271 g/mol. The van der Waals surface area contributed by atoms with E-state index in [9.17, 15) is 4.39 Å². The molecule has 2 nitrogen and oxygen atoms in total. The molecule has 1 aromatic rings. The average Bonchev–Trinajstić information content (AvgIpc) is 2.41. The minimum atomic E-state index is -0.289. The van der Waals surface area contributed by atoms with E-state index in [-0.39, 0.29) is 16.9 Å². The summed E-state index contributed by atoms with van der Waals surface area (Å²) >= 11 is 5.89. The fraction of sp³-hybridized carbons (Fsp3) is 0.571. The lowest BCUT2D eigenvalue weighted by Crippen LogP contribution is -2.41. The van der Waals surface area contributed by atoms with Crippen molar-refractivity contribution >= 4 is 11.6 Å². The second-order valence-electron chi connectivity index (χ2n) is 4.85. The Morgan fingerprint density at radius 3 is 2.94 bits per heavy atom. The summed E-state index contributed by atoms with van der Waals surface area (Å²) in [6.07, 6.45) is 2.19. The maximum Gasteiger partial charge on any atom is 0.146 e. The Balaban J connectivity index is 2.39. The minimum Gasteiger partial charge on any atom is -0.330 e. The molecule has 1 fully saturated rings. The van der Waals surface area contributed by atoms with Crippen molar-refractivity contribution in [3.8, 4) is 0 Å². The van der Waals surface area contributed by atoms with Crippen molar-refractivity contribution in [3.05, 3.63) is 34.6 Å². The second-order valence-corrected chi connectivity index (χ2v) is 5.26. The van der Waals surface area contributed by atoms with Crippen molar-refractivity contribution in [2.75, 3.05) is 19.6 Å². The van der Waals surface area contributed by atoms with Crippen molar-refractivity contribution in [1.82, 2.24) is 4.90 Å². The molecule has 2 N–H and O–H groups in total. The van der Waals surface area contributed by atoms with Gasteiger partial charge in [-0.25, -0.2) is 4.39 Å². The normalized spacial score (nSPS) is 25.3. The maximum atomic E-state index is 14.2. The van der Waals surface area contributed by atoms with Crippen LogP contribution in [0.15, 0.2) is 18.2 Å². The Morgan fingerprint density at radius 1 is 1.50 bits per heavy atom. The van der Waals surface area contributed by atoms with Gasteiger partial charge in [0.25, 0.3) is 0 Å². The first kappa shape index (κ1) is 13.8. The lowest BCUT2D eigenvalue weighted by molar-refractivity contribution is 0.0992. The molecular weight excluding hydrogens is 251 g/mol. The predicted molar refractivity (Wildman–Crippen MR) is 73.2 cm³/mol. The van der Waals surface area contributed by atoms with Crippen LogP contribution in [0.1, 0.15) is 31.4 Å². The van der Waals surface area contributed by atoms with Crippen molar-refractivity contribution in [2.24, 2.45) is 11.7 Å². The minimum absolute atomic E-state index is 0.0625. The first-order valence-corrected chi connectivity index (χ1v) is 6.94. The summed E-state index contributed by atoms with van der Waals surface area (Å²) in [6.45, 7) is 4.61. The Kier molecular flexibility index (Phi) is 4.60. The lowest BCUT2D eigenvalue weighted by Gasteiger charge is -2.41. The summed E-state index contributed by atoms with van der Waals surface area (Å²) in [7, 11) is 0. The summed E-state index contributed by atoms with van der Waals surface area (Å²) in [4.78, 5) is 2.30. The van der Waals surface area contributed by atoms with E-state index in [0.29, 0.717) is 18.0 Å². The third-order valence-corrected chi connectivity index (χ3v) is 4.16. The van der Waals surface area contributed by atoms with Crippen molar-refractivity contribution < 1.29 is 4.39 Å². The zero-order valence-electron chi connectivity index (χ0n) is 10.7. The number of nitrogens with two attached hydrogens (primary N) is 1. The van der Waals surface area contributed by atoms with Crippen LogP contribution in [0.3, 0.4) is 0 Å². The highest BCUT2D eigenvalue weighted by Crippen LogP contribution is 2.37. The summed E-state index contributed by atoms with van der Waals surface area (Å²) in [5, 5.41) is 0.199. The molecule has 0 aromatic heterocycles. The second kappa shape index (κ2) is 6.00. The highest BCUT2D eigenvalue weighted by Gasteiger charge is 2.32. The highest BCUT2D eigenvalue weighted by atomic mass is 35.5. The van der Waals surface area contributed by atoms with Gasteiger partial charge in [-0.1, -0.05) is 30.7 Å². The predicted octanol–water partition coefficient (Wildman–Crippen LogP) is 3.21. The first-order chi connectivity index (χ1) is 8.69. The molecule has 0 aliphatic carbocycles. The molecule has 1 aliphatic heterocycles. The fourth-order valence-electron chi connectivity index (χ4n) is 2.95. The van der Waals surface area contributed by atoms with Gasteiger partial charge in [-0.2, -0.15) is 0 Å². The maximum absolute atomic E-state index is 14.2. The number of halogens is 2. The molecule has 2 atom stereocenters. The van der Waals surface area contributed by atoms with Crippen LogP contribution in [0.25, 0.3) is 0 Å². The largest absolute Gasteiger partial charge is 0.330 e. The summed E-state index contributed by atoms with van der Waals surface area (Å²) in [6, 6.07) is 5.31. The molecule has 0 bridgehead atoms. The van der Waals surface area contributed by atoms with Crippen LogP contribution in [0.5, 0.6) is 0 Å². The van der Waals surface area contributed by atoms with Crippen molar-refractivity contribution in [2.45, 2.75) is 25.8 Å². The number of rotatable bonds is 3. The van der Waals surface area contributed by atoms with Gasteiger partial charge in [0.15, 0.2) is 0 Å². The molecule has 0 saturated carbocycles. The zero-order chi connectivity index (χ0) is 13.1. The lowest BCUT2D eigenvalue weighted by atomic mass is 9.84. The highest BCUT2D eigenvalue weighted by molar-refractivity contribution is 6.30. The molecular formula is C14H20ClFN2. The first-order valence-electron chi connectivity index (χ1n) is 6.57. The van der Waals surface area contributed by atoms with Gasteiger partial charge < -0.3 is 5.73 Å². The van der Waals surface area contributed by atoms with E-state index in [1.165, 1.54) is 0 Å². The van der Waals surface area contributed by atoms with Gasteiger partial charge in [0.2, 0.25) is 0 Å². The quantitative estimate of drug-likeness (QED) is 0.914. The van der Waals surface area contributed by atoms with Gasteiger partial charge in [-0.15, -0.1) is 0 Å². The van der Waals surface area contributed by atoms with E-state index in [1.807, 2.05) is 12.1 Å². The van der Waals surface area contributed by atoms with E-state index in [4.69, 9.17) is 17.3 Å². The summed E-state index contributed by atoms with van der Waals surface area (Å²) in [5.41, 5.74) is 6.55. The van der Waals surface area contributed by atoms with E-state index in [2.05, 4.69) is 11.8 Å². The third-order valence-electron chi connectivity index (χ3n) is 3.87. The van der Waals surface area contributed by atoms with Gasteiger partial charge in [0.05, 0.1) is 5.02 Å². The number of nitrogens with zero attached hydrogens (tertiary/aromatic N) is 1. The molecule has 100 valence electrons. The van der Waals surface area contributed by atoms with Gasteiger partial charge in [-0.3, -0.25) is 4.90 Å². The van der Waals surface area contributed by atoms with Crippen LogP contribution in [0.2, 0.25) is 5.02 Å². The van der Waals surface area contributed by atoms with E-state index in [1.54, 1.807) is 6.07 Å². The summed E-state index contributed by atoms with van der Waals surface area (Å²) < 4.78 is 14.2. The van der Waals surface area contributed by atoms with Crippen LogP contribution in [0.4, 0.5) is 4.39 Å². The smallest absolute Gasteiger partial charge is 0.146 e. The van der Waals surface area contributed by atoms with Gasteiger partial charge in [0, 0.05) is 11.6 Å². The molecule has 18 heavy (non-hydrogen) atoms. The van der Waals surface area contributed by atoms with Crippen molar-refractivity contribution in [1.29, 1.82) is 0 Å². The molecule has 1 aliphatic rings. The number of hydrogen-bond acceptors (Lipinski definition) is 2. The number of piperidine rings is 1. The Labute approximate surface area is 113 Å². The fourth-order valence-corrected chi connectivity index (χ4v) is 3.13. The molecule has 1 saturated heterocycles. The van der Waals surface area contributed by atoms with Gasteiger partial charge in [0.1, 0.15) is 5.82 Å². The van der Waals surface area contributed by atoms with E-state index < -0.39 is 0 Å². The van der Waals surface area contributed by atoms with E-state index in [0.717, 1.165) is 25.9 Å². The molecule has 1 aromatic carbocycles. The van der Waals surface area contributed by atoms with Gasteiger partial charge >= 0.3 is 0 Å². The zero-order valence-corrected chi connectivity index (χ0v) is 11.5. The van der Waals surface area contributed by atoms with Gasteiger partial charge in [-0.05, 0) is 44.5 Å². The van der Waals surface area contributed by atoms with Crippen LogP contribution in [-0.2, 0) is 0 Å². The van der Waals surface area contributed by atoms with Crippen molar-refractivity contribution in [3.63, 3.8) is 0 Å². The SMILES string of the molecule is CCN1CCCC(CN)C1c1cccc(Cl)c1F. The molecule has 1 heterocycles. The third kappa shape index (κ3) is 2.53. The topological polar surface area (TPSA) is 29.3 Å². The molecule has 4 heteroatoms. The number of likely N-dealkylation sites (tertiary alicyclic amines) is 1. The molecule has 2 unspecified atom stereocenters. The Morgan fingerprint density at radius 2 is 2.28 bits per heavy atom. The van der Waals surface area contributed by atoms with Crippen LogP contribution in [0, 0.1) is 11.7 Å². The molecule has 0 spiro atoms. The molecule has 0 amide bonds. The Hall–Kier alpha value is -0.640. The monoisotopic (exact) mass is 270 g/mol. The van der Waals surface area contributed by atoms with Crippen LogP contribution < -0.4 is 5.73 Å². The number of benzene rings is 1. The van der Waals surface area contributed by atoms with Crippen LogP contribution >= 0.6 is 11.6 Å². The Bertz CT molecular complexity index is 399. The van der Waals surface area contributed by atoms with Crippen LogP contribution in [-0.4, -0.2) is 24.5 Å².